The first-order chi connectivity index (χ1) is 10.9. The van der Waals surface area contributed by atoms with Gasteiger partial charge in [-0.25, -0.2) is 0 Å². The molecule has 2 fully saturated rings. The smallest absolute Gasteiger partial charge is 0.253 e. The average molecular weight is 314 g/mol. The zero-order chi connectivity index (χ0) is 16.4. The predicted molar refractivity (Wildman–Crippen MR) is 94.8 cm³/mol. The molecule has 1 aromatic rings. The summed E-state index contributed by atoms with van der Waals surface area (Å²) in [6.07, 6.45) is 3.90. The summed E-state index contributed by atoms with van der Waals surface area (Å²) in [4.78, 5) is 17.4. The molecule has 3 rings (SSSR count). The number of carbonyl (C=O) groups excluding carboxylic acids is 1. The molecule has 1 aliphatic carbocycles. The summed E-state index contributed by atoms with van der Waals surface area (Å²) >= 11 is 0. The summed E-state index contributed by atoms with van der Waals surface area (Å²) in [5.74, 6) is 1.13. The van der Waals surface area contributed by atoms with Gasteiger partial charge in [0.25, 0.3) is 5.91 Å². The molecule has 126 valence electrons. The second-order valence-corrected chi connectivity index (χ2v) is 8.22. The molecule has 1 aliphatic heterocycles. The summed E-state index contributed by atoms with van der Waals surface area (Å²) in [6, 6.07) is 8.19. The summed E-state index contributed by atoms with van der Waals surface area (Å²) in [6.45, 7) is 11.8. The van der Waals surface area contributed by atoms with Gasteiger partial charge in [0.2, 0.25) is 0 Å². The molecular weight excluding hydrogens is 284 g/mol. The van der Waals surface area contributed by atoms with Crippen LogP contribution in [0.4, 0.5) is 0 Å². The number of hydrogen-bond acceptors (Lipinski definition) is 2. The summed E-state index contributed by atoms with van der Waals surface area (Å²) < 4.78 is 0. The Labute approximate surface area is 140 Å². The lowest BCUT2D eigenvalue weighted by Crippen LogP contribution is -2.35. The van der Waals surface area contributed by atoms with Crippen LogP contribution in [0.1, 0.15) is 56.0 Å². The number of nitrogens with zero attached hydrogens (tertiary/aromatic N) is 2. The molecule has 0 atom stereocenters. The van der Waals surface area contributed by atoms with Crippen molar-refractivity contribution >= 4 is 5.91 Å². The molecule has 0 spiro atoms. The van der Waals surface area contributed by atoms with Crippen LogP contribution in [0.15, 0.2) is 24.3 Å². The van der Waals surface area contributed by atoms with Crippen molar-refractivity contribution in [3.63, 3.8) is 0 Å². The van der Waals surface area contributed by atoms with Crippen molar-refractivity contribution in [2.24, 2.45) is 5.92 Å². The van der Waals surface area contributed by atoms with Gasteiger partial charge in [0.05, 0.1) is 0 Å². The number of rotatable bonds is 3. The molecule has 23 heavy (non-hydrogen) atoms. The van der Waals surface area contributed by atoms with Crippen LogP contribution >= 0.6 is 0 Å². The van der Waals surface area contributed by atoms with Crippen molar-refractivity contribution in [1.82, 2.24) is 9.80 Å². The minimum atomic E-state index is 0.132. The maximum Gasteiger partial charge on any atom is 0.253 e. The Bertz CT molecular complexity index is 540. The number of hydrogen-bond donors (Lipinski definition) is 0. The van der Waals surface area contributed by atoms with Gasteiger partial charge in [-0.05, 0) is 54.8 Å². The van der Waals surface area contributed by atoms with Crippen LogP contribution in [-0.4, -0.2) is 48.4 Å². The third kappa shape index (κ3) is 4.35. The van der Waals surface area contributed by atoms with Crippen LogP contribution in [0.2, 0.25) is 0 Å². The highest BCUT2D eigenvalue weighted by atomic mass is 16.2. The number of carbonyl (C=O) groups is 1. The van der Waals surface area contributed by atoms with Gasteiger partial charge >= 0.3 is 0 Å². The molecule has 0 N–H and O–H groups in total. The van der Waals surface area contributed by atoms with Gasteiger partial charge in [0, 0.05) is 31.7 Å². The zero-order valence-corrected chi connectivity index (χ0v) is 14.8. The maximum atomic E-state index is 12.8. The molecule has 1 saturated heterocycles. The quantitative estimate of drug-likeness (QED) is 0.852. The number of benzene rings is 1. The van der Waals surface area contributed by atoms with Crippen molar-refractivity contribution < 1.29 is 4.79 Å². The predicted octanol–water partition coefficient (Wildman–Crippen LogP) is 3.54. The molecular formula is C20H30N2O. The largest absolute Gasteiger partial charge is 0.337 e. The molecule has 0 bridgehead atoms. The van der Waals surface area contributed by atoms with Crippen molar-refractivity contribution in [2.45, 2.75) is 45.4 Å². The molecule has 1 aromatic carbocycles. The van der Waals surface area contributed by atoms with Crippen LogP contribution in [-0.2, 0) is 5.41 Å². The van der Waals surface area contributed by atoms with Crippen LogP contribution in [0.25, 0.3) is 0 Å². The lowest BCUT2D eigenvalue weighted by Gasteiger charge is -2.23. The van der Waals surface area contributed by atoms with Gasteiger partial charge in [-0.15, -0.1) is 0 Å². The normalized spacial score (nSPS) is 20.4. The maximum absolute atomic E-state index is 12.8. The summed E-state index contributed by atoms with van der Waals surface area (Å²) in [5, 5.41) is 0. The highest BCUT2D eigenvalue weighted by Gasteiger charge is 2.26. The molecule has 3 nitrogen and oxygen atoms in total. The Morgan fingerprint density at radius 3 is 2.35 bits per heavy atom. The highest BCUT2D eigenvalue weighted by Crippen LogP contribution is 2.30. The van der Waals surface area contributed by atoms with Gasteiger partial charge in [-0.3, -0.25) is 4.79 Å². The van der Waals surface area contributed by atoms with E-state index in [1.165, 1.54) is 24.9 Å². The Balaban J connectivity index is 1.60. The van der Waals surface area contributed by atoms with E-state index in [0.29, 0.717) is 0 Å². The molecule has 0 aromatic heterocycles. The molecule has 3 heteroatoms. The molecule has 1 saturated carbocycles. The minimum absolute atomic E-state index is 0.132. The van der Waals surface area contributed by atoms with Crippen molar-refractivity contribution in [3.8, 4) is 0 Å². The van der Waals surface area contributed by atoms with Gasteiger partial charge in [0.15, 0.2) is 0 Å². The van der Waals surface area contributed by atoms with E-state index in [1.807, 2.05) is 17.0 Å². The molecule has 2 aliphatic rings. The van der Waals surface area contributed by atoms with E-state index >= 15 is 0 Å². The first-order valence-corrected chi connectivity index (χ1v) is 9.05. The van der Waals surface area contributed by atoms with Gasteiger partial charge < -0.3 is 9.80 Å². The monoisotopic (exact) mass is 314 g/mol. The Hall–Kier alpha value is -1.35. The van der Waals surface area contributed by atoms with E-state index in [2.05, 4.69) is 37.8 Å². The van der Waals surface area contributed by atoms with E-state index < -0.39 is 0 Å². The third-order valence-corrected chi connectivity index (χ3v) is 5.09. The van der Waals surface area contributed by atoms with E-state index in [-0.39, 0.29) is 11.3 Å². The third-order valence-electron chi connectivity index (χ3n) is 5.09. The van der Waals surface area contributed by atoms with E-state index in [1.54, 1.807) is 0 Å². The zero-order valence-electron chi connectivity index (χ0n) is 14.8. The minimum Gasteiger partial charge on any atom is -0.337 e. The lowest BCUT2D eigenvalue weighted by atomic mass is 9.86. The SMILES string of the molecule is CC(C)(C)c1ccc(C(=O)N2CCCN(CC3CC3)CC2)cc1. The van der Waals surface area contributed by atoms with E-state index in [4.69, 9.17) is 0 Å². The fourth-order valence-corrected chi connectivity index (χ4v) is 3.32. The fourth-order valence-electron chi connectivity index (χ4n) is 3.32. The number of amides is 1. The molecule has 0 unspecified atom stereocenters. The van der Waals surface area contributed by atoms with Gasteiger partial charge in [0.1, 0.15) is 0 Å². The van der Waals surface area contributed by atoms with Crippen LogP contribution in [0.3, 0.4) is 0 Å². The first-order valence-electron chi connectivity index (χ1n) is 9.05. The second-order valence-electron chi connectivity index (χ2n) is 8.22. The second kappa shape index (κ2) is 6.64. The van der Waals surface area contributed by atoms with Crippen LogP contribution in [0.5, 0.6) is 0 Å². The van der Waals surface area contributed by atoms with Gasteiger partial charge in [-0.1, -0.05) is 32.9 Å². The van der Waals surface area contributed by atoms with Gasteiger partial charge in [-0.2, -0.15) is 0 Å². The van der Waals surface area contributed by atoms with E-state index in [0.717, 1.165) is 44.1 Å². The Morgan fingerprint density at radius 1 is 1.04 bits per heavy atom. The van der Waals surface area contributed by atoms with Crippen molar-refractivity contribution in [3.05, 3.63) is 35.4 Å². The Kier molecular flexibility index (Phi) is 4.77. The molecule has 1 amide bonds. The van der Waals surface area contributed by atoms with E-state index in [9.17, 15) is 4.79 Å². The highest BCUT2D eigenvalue weighted by molar-refractivity contribution is 5.94. The van der Waals surface area contributed by atoms with Crippen LogP contribution in [0, 0.1) is 5.92 Å². The Morgan fingerprint density at radius 2 is 1.74 bits per heavy atom. The topological polar surface area (TPSA) is 23.6 Å². The summed E-state index contributed by atoms with van der Waals surface area (Å²) in [7, 11) is 0. The summed E-state index contributed by atoms with van der Waals surface area (Å²) in [5.41, 5.74) is 2.24. The lowest BCUT2D eigenvalue weighted by molar-refractivity contribution is 0.0761. The molecule has 0 radical (unpaired) electrons. The van der Waals surface area contributed by atoms with Crippen LogP contribution < -0.4 is 0 Å². The average Bonchev–Trinajstić information content (AvgIpc) is 3.34. The standard InChI is InChI=1S/C20H30N2O/c1-20(2,3)18-9-7-17(8-10-18)19(23)22-12-4-11-21(13-14-22)15-16-5-6-16/h7-10,16H,4-6,11-15H2,1-3H3. The van der Waals surface area contributed by atoms with Crippen molar-refractivity contribution in [2.75, 3.05) is 32.7 Å². The molecule has 1 heterocycles. The fraction of sp³-hybridized carbons (Fsp3) is 0.650. The first kappa shape index (κ1) is 16.5. The van der Waals surface area contributed by atoms with Crippen molar-refractivity contribution in [1.29, 1.82) is 0 Å².